The molecule has 0 bridgehead atoms. The summed E-state index contributed by atoms with van der Waals surface area (Å²) in [6.07, 6.45) is 5.71. The van der Waals surface area contributed by atoms with E-state index >= 15 is 0 Å². The smallest absolute Gasteiger partial charge is 0.267 e. The molecule has 160 valence electrons. The fourth-order valence-electron chi connectivity index (χ4n) is 3.28. The molecule has 9 heteroatoms. The predicted molar refractivity (Wildman–Crippen MR) is 127 cm³/mol. The Morgan fingerprint density at radius 2 is 2.13 bits per heavy atom. The van der Waals surface area contributed by atoms with Gasteiger partial charge >= 0.3 is 0 Å². The van der Waals surface area contributed by atoms with Gasteiger partial charge in [-0.1, -0.05) is 37.0 Å². The number of aryl methyl sites for hydroxylation is 1. The Labute approximate surface area is 189 Å². The van der Waals surface area contributed by atoms with Gasteiger partial charge in [-0.25, -0.2) is 4.98 Å². The molecule has 0 spiro atoms. The van der Waals surface area contributed by atoms with E-state index in [-0.39, 0.29) is 17.5 Å². The number of nitrogens with zero attached hydrogens (tertiary/aromatic N) is 3. The average Bonchev–Trinajstić information content (AvgIpc) is 3.36. The van der Waals surface area contributed by atoms with Gasteiger partial charge in [0.1, 0.15) is 21.5 Å². The highest BCUT2D eigenvalue weighted by molar-refractivity contribution is 8.26. The number of fused-ring (bicyclic) bond motifs is 1. The normalized spacial score (nSPS) is 16.5. The number of carbonyl (C=O) groups excluding carboxylic acids is 1. The van der Waals surface area contributed by atoms with Crippen molar-refractivity contribution in [3.63, 3.8) is 0 Å². The van der Waals surface area contributed by atoms with Crippen molar-refractivity contribution < 1.29 is 9.21 Å². The van der Waals surface area contributed by atoms with Crippen LogP contribution in [-0.4, -0.2) is 30.6 Å². The summed E-state index contributed by atoms with van der Waals surface area (Å²) in [7, 11) is 0. The Balaban J connectivity index is 1.81. The minimum atomic E-state index is -0.260. The van der Waals surface area contributed by atoms with Crippen molar-refractivity contribution >= 4 is 51.7 Å². The molecule has 3 aromatic heterocycles. The van der Waals surface area contributed by atoms with Gasteiger partial charge in [0.2, 0.25) is 0 Å². The third kappa shape index (κ3) is 4.15. The summed E-state index contributed by atoms with van der Waals surface area (Å²) in [6.45, 7) is 6.23. The fraction of sp³-hybridized carbons (Fsp3) is 0.273. The summed E-state index contributed by atoms with van der Waals surface area (Å²) < 4.78 is 7.37. The van der Waals surface area contributed by atoms with Crippen LogP contribution in [0.15, 0.2) is 50.8 Å². The molecule has 7 nitrogen and oxygen atoms in total. The molecule has 0 aromatic carbocycles. The lowest BCUT2D eigenvalue weighted by Gasteiger charge is -2.21. The van der Waals surface area contributed by atoms with Crippen molar-refractivity contribution in [3.8, 4) is 0 Å². The number of pyridine rings is 1. The third-order valence-electron chi connectivity index (χ3n) is 5.15. The maximum atomic E-state index is 13.4. The Morgan fingerprint density at radius 3 is 2.84 bits per heavy atom. The molecule has 0 aliphatic carbocycles. The van der Waals surface area contributed by atoms with Gasteiger partial charge in [0, 0.05) is 12.2 Å². The number of carbonyl (C=O) groups is 1. The van der Waals surface area contributed by atoms with Crippen LogP contribution in [0.4, 0.5) is 5.82 Å². The van der Waals surface area contributed by atoms with Crippen LogP contribution in [0, 0.1) is 6.92 Å². The Kier molecular flexibility index (Phi) is 5.97. The summed E-state index contributed by atoms with van der Waals surface area (Å²) in [4.78, 5) is 33.0. The maximum Gasteiger partial charge on any atom is 0.267 e. The number of thiocarbonyl (C=S) groups is 1. The van der Waals surface area contributed by atoms with Crippen LogP contribution in [0.3, 0.4) is 0 Å². The zero-order valence-corrected chi connectivity index (χ0v) is 19.0. The number of anilines is 1. The van der Waals surface area contributed by atoms with E-state index < -0.39 is 0 Å². The molecule has 0 saturated carbocycles. The van der Waals surface area contributed by atoms with E-state index in [0.717, 1.165) is 12.0 Å². The summed E-state index contributed by atoms with van der Waals surface area (Å²) in [6, 6.07) is 7.31. The molecular formula is C22H22N4O3S2. The zero-order chi connectivity index (χ0) is 22.1. The van der Waals surface area contributed by atoms with E-state index in [2.05, 4.69) is 10.3 Å². The van der Waals surface area contributed by atoms with Crippen LogP contribution in [0.1, 0.15) is 37.2 Å². The SMILES string of the molecule is CCC(C)N1C(=O)/C(=C\c2c(NCc3ccco3)nc3ccc(C)cn3c2=O)SC1=S. The van der Waals surface area contributed by atoms with Crippen molar-refractivity contribution in [2.24, 2.45) is 0 Å². The van der Waals surface area contributed by atoms with Gasteiger partial charge in [-0.05, 0) is 50.1 Å². The second kappa shape index (κ2) is 8.68. The second-order valence-electron chi connectivity index (χ2n) is 7.36. The average molecular weight is 455 g/mol. The Hall–Kier alpha value is -2.91. The van der Waals surface area contributed by atoms with Crippen molar-refractivity contribution in [1.82, 2.24) is 14.3 Å². The number of furan rings is 1. The summed E-state index contributed by atoms with van der Waals surface area (Å²) in [5.74, 6) is 0.911. The van der Waals surface area contributed by atoms with Gasteiger partial charge in [-0.2, -0.15) is 0 Å². The number of aromatic nitrogens is 2. The first-order valence-corrected chi connectivity index (χ1v) is 11.2. The van der Waals surface area contributed by atoms with E-state index in [0.29, 0.717) is 38.6 Å². The Bertz CT molecular complexity index is 1250. The lowest BCUT2D eigenvalue weighted by Crippen LogP contribution is -2.36. The van der Waals surface area contributed by atoms with E-state index in [1.165, 1.54) is 16.2 Å². The monoisotopic (exact) mass is 454 g/mol. The number of amides is 1. The number of nitrogens with one attached hydrogen (secondary N) is 1. The molecule has 1 unspecified atom stereocenters. The van der Waals surface area contributed by atoms with Crippen molar-refractivity contribution in [2.45, 2.75) is 39.8 Å². The van der Waals surface area contributed by atoms with E-state index in [9.17, 15) is 9.59 Å². The highest BCUT2D eigenvalue weighted by Crippen LogP contribution is 2.34. The second-order valence-corrected chi connectivity index (χ2v) is 9.03. The minimum Gasteiger partial charge on any atom is -0.467 e. The molecule has 1 amide bonds. The number of hydrogen-bond donors (Lipinski definition) is 1. The van der Waals surface area contributed by atoms with Gasteiger partial charge in [-0.3, -0.25) is 18.9 Å². The molecule has 1 N–H and O–H groups in total. The van der Waals surface area contributed by atoms with Crippen molar-refractivity contribution in [1.29, 1.82) is 0 Å². The standard InChI is InChI=1S/C22H22N4O3S2/c1-4-14(3)26-21(28)17(31-22(26)30)10-16-19(23-11-15-6-5-9-29-15)24-18-8-7-13(2)12-25(18)20(16)27/h5-10,12,14,23H,4,11H2,1-3H3/b17-10+. The molecule has 4 heterocycles. The molecule has 31 heavy (non-hydrogen) atoms. The predicted octanol–water partition coefficient (Wildman–Crippen LogP) is 4.21. The van der Waals surface area contributed by atoms with Crippen LogP contribution < -0.4 is 10.9 Å². The summed E-state index contributed by atoms with van der Waals surface area (Å²) in [5.41, 5.74) is 1.49. The van der Waals surface area contributed by atoms with Crippen LogP contribution in [0.2, 0.25) is 0 Å². The molecule has 3 aromatic rings. The first kappa shape index (κ1) is 21.3. The van der Waals surface area contributed by atoms with Gasteiger partial charge in [0.25, 0.3) is 11.5 Å². The van der Waals surface area contributed by atoms with Crippen LogP contribution in [-0.2, 0) is 11.3 Å². The molecule has 4 rings (SSSR count). The van der Waals surface area contributed by atoms with Crippen LogP contribution in [0.25, 0.3) is 11.7 Å². The van der Waals surface area contributed by atoms with Crippen molar-refractivity contribution in [3.05, 3.63) is 68.9 Å². The first-order valence-electron chi connectivity index (χ1n) is 9.95. The number of hydrogen-bond acceptors (Lipinski definition) is 7. The molecule has 1 atom stereocenters. The highest BCUT2D eigenvalue weighted by atomic mass is 32.2. The zero-order valence-electron chi connectivity index (χ0n) is 17.4. The van der Waals surface area contributed by atoms with Gasteiger partial charge in [-0.15, -0.1) is 0 Å². The summed E-state index contributed by atoms with van der Waals surface area (Å²) >= 11 is 6.63. The van der Waals surface area contributed by atoms with E-state index in [4.69, 9.17) is 16.6 Å². The fourth-order valence-corrected chi connectivity index (χ4v) is 4.73. The molecule has 1 aliphatic heterocycles. The molecule has 1 saturated heterocycles. The van der Waals surface area contributed by atoms with Gasteiger partial charge in [0.05, 0.1) is 23.3 Å². The molecular weight excluding hydrogens is 432 g/mol. The van der Waals surface area contributed by atoms with Crippen LogP contribution >= 0.6 is 24.0 Å². The van der Waals surface area contributed by atoms with E-state index in [1.54, 1.807) is 35.6 Å². The molecule has 1 aliphatic rings. The first-order chi connectivity index (χ1) is 14.9. The highest BCUT2D eigenvalue weighted by Gasteiger charge is 2.35. The number of rotatable bonds is 6. The number of thioether (sulfide) groups is 1. The van der Waals surface area contributed by atoms with Crippen LogP contribution in [0.5, 0.6) is 0 Å². The Morgan fingerprint density at radius 1 is 1.32 bits per heavy atom. The molecule has 1 fully saturated rings. The third-order valence-corrected chi connectivity index (χ3v) is 6.48. The summed E-state index contributed by atoms with van der Waals surface area (Å²) in [5, 5.41) is 3.18. The quantitative estimate of drug-likeness (QED) is 0.441. The lowest BCUT2D eigenvalue weighted by atomic mass is 10.2. The van der Waals surface area contributed by atoms with Crippen molar-refractivity contribution in [2.75, 3.05) is 5.32 Å². The topological polar surface area (TPSA) is 79.8 Å². The lowest BCUT2D eigenvalue weighted by molar-refractivity contribution is -0.123. The van der Waals surface area contributed by atoms with E-state index in [1.807, 2.05) is 32.9 Å². The van der Waals surface area contributed by atoms with Gasteiger partial charge in [0.15, 0.2) is 0 Å². The van der Waals surface area contributed by atoms with Gasteiger partial charge < -0.3 is 9.73 Å². The minimum absolute atomic E-state index is 0.00609. The maximum absolute atomic E-state index is 13.4. The largest absolute Gasteiger partial charge is 0.467 e. The molecule has 0 radical (unpaired) electrons.